The normalized spacial score (nSPS) is 30.2. The Morgan fingerprint density at radius 1 is 0.974 bits per heavy atom. The topological polar surface area (TPSA) is 26.3 Å². The maximum atomic E-state index is 12.5. The molecule has 0 unspecified atom stereocenters. The number of ether oxygens (including phenoxy) is 1. The van der Waals surface area contributed by atoms with Crippen molar-refractivity contribution in [2.75, 3.05) is 0 Å². The van der Waals surface area contributed by atoms with Gasteiger partial charge in [-0.05, 0) is 86.0 Å². The Bertz CT molecular complexity index is 832. The largest absolute Gasteiger partial charge is 0.462 e. The summed E-state index contributed by atoms with van der Waals surface area (Å²) in [6.45, 7) is 16.5. The van der Waals surface area contributed by atoms with Gasteiger partial charge in [0.1, 0.15) is 6.10 Å². The van der Waals surface area contributed by atoms with Crippen molar-refractivity contribution in [3.63, 3.8) is 0 Å². The van der Waals surface area contributed by atoms with E-state index in [1.54, 1.807) is 5.57 Å². The average molecular weight is 539 g/mol. The number of hydrogen-bond acceptors (Lipinski definition) is 2. The third kappa shape index (κ3) is 9.64. The number of carbonyl (C=O) groups excluding carboxylic acids is 1. The van der Waals surface area contributed by atoms with Crippen LogP contribution in [0, 0.1) is 29.1 Å². The van der Waals surface area contributed by atoms with Gasteiger partial charge in [-0.15, -0.1) is 0 Å². The molecular weight excluding hydrogens is 476 g/mol. The van der Waals surface area contributed by atoms with E-state index in [2.05, 4.69) is 53.3 Å². The van der Waals surface area contributed by atoms with Crippen molar-refractivity contribution in [1.82, 2.24) is 0 Å². The minimum Gasteiger partial charge on any atom is -0.462 e. The summed E-state index contributed by atoms with van der Waals surface area (Å²) in [6.07, 6.45) is 27.6. The van der Waals surface area contributed by atoms with E-state index < -0.39 is 0 Å². The molecule has 0 saturated heterocycles. The van der Waals surface area contributed by atoms with Gasteiger partial charge in [0.2, 0.25) is 0 Å². The molecule has 0 radical (unpaired) electrons. The first-order valence-electron chi connectivity index (χ1n) is 17.0. The van der Waals surface area contributed by atoms with Gasteiger partial charge in [-0.25, -0.2) is 0 Å². The van der Waals surface area contributed by atoms with E-state index in [1.165, 1.54) is 94.6 Å². The monoisotopic (exact) mass is 538 g/mol. The third-order valence-corrected chi connectivity index (χ3v) is 10.6. The summed E-state index contributed by atoms with van der Waals surface area (Å²) in [5.74, 6) is 3.28. The maximum absolute atomic E-state index is 12.5. The molecule has 0 aromatic heterocycles. The molecule has 39 heavy (non-hydrogen) atoms. The highest BCUT2D eigenvalue weighted by atomic mass is 16.5. The van der Waals surface area contributed by atoms with E-state index in [0.717, 1.165) is 55.8 Å². The van der Waals surface area contributed by atoms with Crippen molar-refractivity contribution in [3.05, 3.63) is 35.5 Å². The van der Waals surface area contributed by atoms with Crippen LogP contribution >= 0.6 is 0 Å². The molecule has 222 valence electrons. The van der Waals surface area contributed by atoms with Crippen LogP contribution in [0.15, 0.2) is 35.5 Å². The highest BCUT2D eigenvalue weighted by Crippen LogP contribution is 2.60. The Hall–Kier alpha value is -1.31. The predicted octanol–water partition coefficient (Wildman–Crippen LogP) is 11.3. The van der Waals surface area contributed by atoms with Crippen molar-refractivity contribution in [3.8, 4) is 0 Å². The van der Waals surface area contributed by atoms with Crippen LogP contribution in [-0.4, -0.2) is 12.1 Å². The first-order chi connectivity index (χ1) is 18.7. The van der Waals surface area contributed by atoms with Crippen LogP contribution in [0.5, 0.6) is 0 Å². The lowest BCUT2D eigenvalue weighted by Gasteiger charge is -2.44. The summed E-state index contributed by atoms with van der Waals surface area (Å²) < 4.78 is 5.94. The van der Waals surface area contributed by atoms with Gasteiger partial charge in [0.05, 0.1) is 0 Å². The molecule has 0 amide bonds. The van der Waals surface area contributed by atoms with Crippen molar-refractivity contribution >= 4 is 5.97 Å². The van der Waals surface area contributed by atoms with Crippen LogP contribution in [0.25, 0.3) is 0 Å². The molecule has 2 nitrogen and oxygen atoms in total. The molecule has 5 atom stereocenters. The van der Waals surface area contributed by atoms with Gasteiger partial charge in [-0.1, -0.05) is 122 Å². The van der Waals surface area contributed by atoms with E-state index in [0.29, 0.717) is 11.8 Å². The van der Waals surface area contributed by atoms with E-state index in [1.807, 2.05) is 0 Å². The maximum Gasteiger partial charge on any atom is 0.306 e. The van der Waals surface area contributed by atoms with Crippen LogP contribution < -0.4 is 0 Å². The molecule has 2 heteroatoms. The lowest BCUT2D eigenvalue weighted by atomic mass is 9.60. The summed E-state index contributed by atoms with van der Waals surface area (Å²) in [7, 11) is 0. The number of carbonyl (C=O) groups is 1. The molecule has 0 spiro atoms. The van der Waals surface area contributed by atoms with Gasteiger partial charge in [0, 0.05) is 12.8 Å². The fourth-order valence-electron chi connectivity index (χ4n) is 8.22. The summed E-state index contributed by atoms with van der Waals surface area (Å²) in [6, 6.07) is 0. The fraction of sp³-hybridized carbons (Fsp3) is 0.811. The second-order valence-corrected chi connectivity index (χ2v) is 14.2. The zero-order valence-electron chi connectivity index (χ0n) is 26.5. The molecule has 0 N–H and O–H groups in total. The van der Waals surface area contributed by atoms with Crippen LogP contribution in [0.2, 0.25) is 0 Å². The zero-order chi connectivity index (χ0) is 28.3. The zero-order valence-corrected chi connectivity index (χ0v) is 26.5. The van der Waals surface area contributed by atoms with Crippen LogP contribution in [0.4, 0.5) is 0 Å². The first kappa shape index (κ1) is 32.2. The number of fused-ring (bicyclic) bond motifs is 1. The Morgan fingerprint density at radius 2 is 1.72 bits per heavy atom. The standard InChI is InChI=1S/C37H62O2/c1-7-8-9-10-11-12-13-19-36(38)39-33-23-20-29(4)32(27-33)22-21-31-18-15-26-37(6)34(24-25-35(31)37)30(5)17-14-16-28(2)3/h21-22,28,30,33-35H,4,7-20,23-27H2,1-3,5-6H3/b31-21?,32-22-/t30-,33+,34-,35+,37-/m1/s1. The molecule has 0 heterocycles. The lowest BCUT2D eigenvalue weighted by molar-refractivity contribution is -0.149. The van der Waals surface area contributed by atoms with Gasteiger partial charge >= 0.3 is 5.97 Å². The van der Waals surface area contributed by atoms with Crippen molar-refractivity contribution in [1.29, 1.82) is 0 Å². The van der Waals surface area contributed by atoms with Gasteiger partial charge < -0.3 is 4.74 Å². The minimum atomic E-state index is 0.00123. The summed E-state index contributed by atoms with van der Waals surface area (Å²) >= 11 is 0. The molecule has 3 saturated carbocycles. The molecule has 0 aliphatic heterocycles. The van der Waals surface area contributed by atoms with Crippen molar-refractivity contribution in [2.24, 2.45) is 29.1 Å². The second-order valence-electron chi connectivity index (χ2n) is 14.2. The number of esters is 1. The molecule has 0 bridgehead atoms. The summed E-state index contributed by atoms with van der Waals surface area (Å²) in [5, 5.41) is 0. The summed E-state index contributed by atoms with van der Waals surface area (Å²) in [4.78, 5) is 12.5. The molecule has 3 rings (SSSR count). The quantitative estimate of drug-likeness (QED) is 0.153. The highest BCUT2D eigenvalue weighted by molar-refractivity contribution is 5.69. The van der Waals surface area contributed by atoms with E-state index in [9.17, 15) is 4.79 Å². The third-order valence-electron chi connectivity index (χ3n) is 10.6. The number of allylic oxidation sites excluding steroid dienone is 4. The van der Waals surface area contributed by atoms with Gasteiger partial charge in [0.15, 0.2) is 0 Å². The summed E-state index contributed by atoms with van der Waals surface area (Å²) in [5.41, 5.74) is 4.70. The Labute approximate surface area is 242 Å². The Kier molecular flexibility index (Phi) is 13.4. The number of hydrogen-bond donors (Lipinski definition) is 0. The molecule has 0 aromatic rings. The fourth-order valence-corrected chi connectivity index (χ4v) is 8.22. The molecule has 3 aliphatic carbocycles. The predicted molar refractivity (Wildman–Crippen MR) is 168 cm³/mol. The smallest absolute Gasteiger partial charge is 0.306 e. The van der Waals surface area contributed by atoms with E-state index >= 15 is 0 Å². The Morgan fingerprint density at radius 3 is 2.46 bits per heavy atom. The molecular formula is C37H62O2. The van der Waals surface area contributed by atoms with Crippen molar-refractivity contribution < 1.29 is 9.53 Å². The average Bonchev–Trinajstić information content (AvgIpc) is 3.25. The van der Waals surface area contributed by atoms with Crippen molar-refractivity contribution in [2.45, 2.75) is 163 Å². The van der Waals surface area contributed by atoms with Gasteiger partial charge in [-0.3, -0.25) is 4.79 Å². The second kappa shape index (κ2) is 16.2. The van der Waals surface area contributed by atoms with Crippen LogP contribution in [0.1, 0.15) is 157 Å². The molecule has 3 aliphatic rings. The number of rotatable bonds is 15. The SMILES string of the molecule is C=C1CC[C@H](OC(=O)CCCCCCCCC)C/C1=C/C=C1CCC[C@]2(C)[C@@H]([C@H](C)CCCC(C)C)CC[C@@H]12. The first-order valence-corrected chi connectivity index (χ1v) is 17.0. The van der Waals surface area contributed by atoms with Gasteiger partial charge in [0.25, 0.3) is 0 Å². The van der Waals surface area contributed by atoms with Crippen LogP contribution in [-0.2, 0) is 9.53 Å². The van der Waals surface area contributed by atoms with E-state index in [4.69, 9.17) is 4.74 Å². The van der Waals surface area contributed by atoms with Gasteiger partial charge in [-0.2, -0.15) is 0 Å². The van der Waals surface area contributed by atoms with Crippen LogP contribution in [0.3, 0.4) is 0 Å². The van der Waals surface area contributed by atoms with E-state index in [-0.39, 0.29) is 12.1 Å². The molecule has 0 aromatic carbocycles. The highest BCUT2D eigenvalue weighted by Gasteiger charge is 2.50. The minimum absolute atomic E-state index is 0.00123. The number of unbranched alkanes of at least 4 members (excludes halogenated alkanes) is 6. The lowest BCUT2D eigenvalue weighted by Crippen LogP contribution is -2.36. The Balaban J connectivity index is 1.52. The molecule has 3 fully saturated rings.